The predicted octanol–water partition coefficient (Wildman–Crippen LogP) is 3.89. The van der Waals surface area contributed by atoms with Crippen LogP contribution in [0.3, 0.4) is 0 Å². The van der Waals surface area contributed by atoms with Crippen molar-refractivity contribution in [3.63, 3.8) is 0 Å². The molecule has 28 heavy (non-hydrogen) atoms. The van der Waals surface area contributed by atoms with Crippen LogP contribution in [-0.4, -0.2) is 37.4 Å². The molecule has 0 bridgehead atoms. The molecule has 2 aromatic carbocycles. The summed E-state index contributed by atoms with van der Waals surface area (Å²) in [5.74, 6) is 0.944. The minimum atomic E-state index is -0.341. The van der Waals surface area contributed by atoms with Crippen LogP contribution in [0, 0.1) is 0 Å². The Labute approximate surface area is 168 Å². The Kier molecular flexibility index (Phi) is 6.84. The second-order valence-corrected chi connectivity index (χ2v) is 6.90. The zero-order valence-electron chi connectivity index (χ0n) is 16.3. The third-order valence-corrected chi connectivity index (χ3v) is 5.21. The lowest BCUT2D eigenvalue weighted by Gasteiger charge is -2.10. The van der Waals surface area contributed by atoms with Crippen molar-refractivity contribution in [1.29, 1.82) is 0 Å². The molecule has 0 saturated heterocycles. The number of fused-ring (bicyclic) bond motifs is 1. The number of amides is 1. The second kappa shape index (κ2) is 9.52. The highest BCUT2D eigenvalue weighted by molar-refractivity contribution is 7.16. The van der Waals surface area contributed by atoms with Crippen molar-refractivity contribution < 1.29 is 19.0 Å². The van der Waals surface area contributed by atoms with Gasteiger partial charge in [0.2, 0.25) is 0 Å². The summed E-state index contributed by atoms with van der Waals surface area (Å²) in [4.78, 5) is 17.9. The van der Waals surface area contributed by atoms with Crippen molar-refractivity contribution in [3.8, 4) is 11.5 Å². The van der Waals surface area contributed by atoms with Crippen molar-refractivity contribution in [2.45, 2.75) is 20.4 Å². The van der Waals surface area contributed by atoms with E-state index in [4.69, 9.17) is 14.2 Å². The lowest BCUT2D eigenvalue weighted by Crippen LogP contribution is -2.20. The van der Waals surface area contributed by atoms with E-state index in [-0.39, 0.29) is 5.91 Å². The van der Waals surface area contributed by atoms with Crippen molar-refractivity contribution in [2.75, 3.05) is 26.9 Å². The molecule has 0 radical (unpaired) electrons. The number of carbonyl (C=O) groups is 1. The highest BCUT2D eigenvalue weighted by Crippen LogP contribution is 2.28. The maximum atomic E-state index is 12.8. The Morgan fingerprint density at radius 1 is 1.07 bits per heavy atom. The highest BCUT2D eigenvalue weighted by Gasteiger charge is 2.15. The number of thiazole rings is 1. The summed E-state index contributed by atoms with van der Waals surface area (Å²) in [5.41, 5.74) is 1.37. The molecule has 0 N–H and O–H groups in total. The van der Waals surface area contributed by atoms with E-state index in [0.29, 0.717) is 42.5 Å². The number of methoxy groups -OCH3 is 1. The molecule has 0 fully saturated rings. The summed E-state index contributed by atoms with van der Waals surface area (Å²) in [7, 11) is 1.54. The molecule has 7 heteroatoms. The highest BCUT2D eigenvalue weighted by atomic mass is 32.1. The molecule has 3 aromatic rings. The summed E-state index contributed by atoms with van der Waals surface area (Å²) in [6.07, 6.45) is 0. The first-order valence-corrected chi connectivity index (χ1v) is 10.1. The fraction of sp³-hybridized carbons (Fsp3) is 0.333. The molecule has 6 nitrogen and oxygen atoms in total. The quantitative estimate of drug-likeness (QED) is 0.538. The van der Waals surface area contributed by atoms with Gasteiger partial charge in [0.25, 0.3) is 5.91 Å². The largest absolute Gasteiger partial charge is 0.496 e. The molecule has 0 atom stereocenters. The van der Waals surface area contributed by atoms with Gasteiger partial charge in [-0.25, -0.2) is 0 Å². The van der Waals surface area contributed by atoms with Gasteiger partial charge in [-0.3, -0.25) is 4.79 Å². The number of aromatic nitrogens is 1. The zero-order valence-corrected chi connectivity index (χ0v) is 17.1. The van der Waals surface area contributed by atoms with Gasteiger partial charge in [0.1, 0.15) is 17.0 Å². The first kappa shape index (κ1) is 20.1. The minimum Gasteiger partial charge on any atom is -0.496 e. The summed E-state index contributed by atoms with van der Waals surface area (Å²) in [6, 6.07) is 13.0. The van der Waals surface area contributed by atoms with E-state index in [0.717, 1.165) is 16.0 Å². The van der Waals surface area contributed by atoms with Crippen molar-refractivity contribution >= 4 is 27.5 Å². The van der Waals surface area contributed by atoms with E-state index in [1.54, 1.807) is 25.3 Å². The molecule has 1 amide bonds. The Hall–Kier alpha value is -2.64. The molecule has 0 aliphatic carbocycles. The maximum absolute atomic E-state index is 12.8. The number of rotatable bonds is 8. The molecular weight excluding hydrogens is 376 g/mol. The van der Waals surface area contributed by atoms with Gasteiger partial charge in [-0.1, -0.05) is 29.5 Å². The number of para-hydroxylation sites is 2. The minimum absolute atomic E-state index is 0.341. The lowest BCUT2D eigenvalue weighted by molar-refractivity contribution is 0.0993. The first-order valence-electron chi connectivity index (χ1n) is 9.24. The smallest absolute Gasteiger partial charge is 0.283 e. The fourth-order valence-electron chi connectivity index (χ4n) is 2.93. The van der Waals surface area contributed by atoms with E-state index < -0.39 is 0 Å². The second-order valence-electron chi connectivity index (χ2n) is 5.89. The van der Waals surface area contributed by atoms with Crippen LogP contribution in [-0.2, 0) is 11.3 Å². The average Bonchev–Trinajstić information content (AvgIpc) is 3.06. The van der Waals surface area contributed by atoms with Crippen LogP contribution >= 0.6 is 11.3 Å². The van der Waals surface area contributed by atoms with E-state index in [2.05, 4.69) is 4.99 Å². The van der Waals surface area contributed by atoms with Crippen LogP contribution in [0.4, 0.5) is 0 Å². The molecule has 3 rings (SSSR count). The van der Waals surface area contributed by atoms with Crippen LogP contribution in [0.15, 0.2) is 47.5 Å². The lowest BCUT2D eigenvalue weighted by atomic mass is 10.2. The number of carbonyl (C=O) groups excluding carboxylic acids is 1. The van der Waals surface area contributed by atoms with E-state index in [1.165, 1.54) is 11.3 Å². The maximum Gasteiger partial charge on any atom is 0.283 e. The monoisotopic (exact) mass is 400 g/mol. The van der Waals surface area contributed by atoms with Crippen LogP contribution in [0.2, 0.25) is 0 Å². The van der Waals surface area contributed by atoms with Gasteiger partial charge >= 0.3 is 0 Å². The SMILES string of the molecule is CCOCCn1c(=NC(=O)c2ccccc2OC)sc2cccc(OCC)c21. The summed E-state index contributed by atoms with van der Waals surface area (Å²) < 4.78 is 19.6. The van der Waals surface area contributed by atoms with Crippen molar-refractivity contribution in [2.24, 2.45) is 4.99 Å². The van der Waals surface area contributed by atoms with Crippen LogP contribution in [0.5, 0.6) is 11.5 Å². The van der Waals surface area contributed by atoms with Crippen LogP contribution in [0.25, 0.3) is 10.2 Å². The Morgan fingerprint density at radius 2 is 1.86 bits per heavy atom. The van der Waals surface area contributed by atoms with Crippen molar-refractivity contribution in [1.82, 2.24) is 4.57 Å². The number of benzene rings is 2. The molecule has 1 aromatic heterocycles. The molecule has 0 saturated carbocycles. The van der Waals surface area contributed by atoms with E-state index in [1.807, 2.05) is 42.7 Å². The number of hydrogen-bond acceptors (Lipinski definition) is 5. The number of nitrogens with zero attached hydrogens (tertiary/aromatic N) is 2. The zero-order chi connectivity index (χ0) is 19.9. The Balaban J connectivity index is 2.13. The molecule has 0 unspecified atom stereocenters. The molecule has 0 aliphatic rings. The van der Waals surface area contributed by atoms with Gasteiger partial charge in [-0.15, -0.1) is 0 Å². The summed E-state index contributed by atoms with van der Waals surface area (Å²) >= 11 is 1.46. The summed E-state index contributed by atoms with van der Waals surface area (Å²) in [5, 5.41) is 0. The Morgan fingerprint density at radius 3 is 2.61 bits per heavy atom. The van der Waals surface area contributed by atoms with E-state index >= 15 is 0 Å². The van der Waals surface area contributed by atoms with E-state index in [9.17, 15) is 4.79 Å². The third kappa shape index (κ3) is 4.26. The van der Waals surface area contributed by atoms with Crippen molar-refractivity contribution in [3.05, 3.63) is 52.8 Å². The van der Waals surface area contributed by atoms with Gasteiger partial charge < -0.3 is 18.8 Å². The van der Waals surface area contributed by atoms with Gasteiger partial charge in [-0.2, -0.15) is 4.99 Å². The Bertz CT molecular complexity index is 1020. The topological polar surface area (TPSA) is 62.1 Å². The summed E-state index contributed by atoms with van der Waals surface area (Å²) in [6.45, 7) is 6.21. The van der Waals surface area contributed by atoms with Gasteiger partial charge in [0, 0.05) is 13.2 Å². The van der Waals surface area contributed by atoms with Gasteiger partial charge in [0.05, 0.1) is 30.6 Å². The average molecular weight is 401 g/mol. The molecule has 148 valence electrons. The van der Waals surface area contributed by atoms with Crippen LogP contribution < -0.4 is 14.3 Å². The molecule has 1 heterocycles. The number of hydrogen-bond donors (Lipinski definition) is 0. The fourth-order valence-corrected chi connectivity index (χ4v) is 4.00. The standard InChI is InChI=1S/C21H24N2O4S/c1-4-26-14-13-23-19-17(27-5-2)11-8-12-18(19)28-21(23)22-20(24)15-9-6-7-10-16(15)25-3/h6-12H,4-5,13-14H2,1-3H3. The molecular formula is C21H24N2O4S. The third-order valence-electron chi connectivity index (χ3n) is 4.16. The first-order chi connectivity index (χ1) is 13.7. The van der Waals surface area contributed by atoms with Gasteiger partial charge in [0.15, 0.2) is 4.80 Å². The molecule has 0 spiro atoms. The van der Waals surface area contributed by atoms with Crippen LogP contribution in [0.1, 0.15) is 24.2 Å². The normalized spacial score (nSPS) is 11.8. The number of ether oxygens (including phenoxy) is 3. The predicted molar refractivity (Wildman–Crippen MR) is 110 cm³/mol. The van der Waals surface area contributed by atoms with Gasteiger partial charge in [-0.05, 0) is 38.1 Å². The molecule has 0 aliphatic heterocycles.